The first kappa shape index (κ1) is 13.6. The fraction of sp³-hybridized carbons (Fsp3) is 0.400. The molecule has 1 heterocycles. The third-order valence-electron chi connectivity index (χ3n) is 3.22. The maximum absolute atomic E-state index is 8.96. The van der Waals surface area contributed by atoms with Crippen LogP contribution in [0.4, 0.5) is 0 Å². The second-order valence-electron chi connectivity index (χ2n) is 4.51. The lowest BCUT2D eigenvalue weighted by Gasteiger charge is -2.08. The van der Waals surface area contributed by atoms with Gasteiger partial charge in [0.2, 0.25) is 0 Å². The van der Waals surface area contributed by atoms with E-state index in [1.165, 1.54) is 5.56 Å². The van der Waals surface area contributed by atoms with E-state index in [2.05, 4.69) is 23.0 Å². The number of hydrogen-bond acceptors (Lipinski definition) is 3. The summed E-state index contributed by atoms with van der Waals surface area (Å²) in [6.45, 7) is 4.21. The van der Waals surface area contributed by atoms with Gasteiger partial charge in [-0.05, 0) is 37.1 Å². The zero-order valence-electron chi connectivity index (χ0n) is 11.7. The number of aromatic amines is 1. The van der Waals surface area contributed by atoms with Gasteiger partial charge in [-0.25, -0.2) is 4.98 Å². The fourth-order valence-electron chi connectivity index (χ4n) is 2.23. The van der Waals surface area contributed by atoms with Crippen molar-refractivity contribution in [2.75, 3.05) is 13.7 Å². The lowest BCUT2D eigenvalue weighted by atomic mass is 10.0. The Bertz CT molecular complexity index is 561. The van der Waals surface area contributed by atoms with Crippen LogP contribution in [0, 0.1) is 6.92 Å². The minimum atomic E-state index is 0.106. The van der Waals surface area contributed by atoms with E-state index in [4.69, 9.17) is 9.84 Å². The topological polar surface area (TPSA) is 58.1 Å². The van der Waals surface area contributed by atoms with E-state index in [-0.39, 0.29) is 6.61 Å². The van der Waals surface area contributed by atoms with Crippen LogP contribution in [0.1, 0.15) is 24.0 Å². The summed E-state index contributed by atoms with van der Waals surface area (Å²) in [5.74, 6) is 1.74. The van der Waals surface area contributed by atoms with Gasteiger partial charge in [0.25, 0.3) is 0 Å². The minimum Gasteiger partial charge on any atom is -0.496 e. The van der Waals surface area contributed by atoms with Crippen LogP contribution in [-0.4, -0.2) is 28.8 Å². The first-order chi connectivity index (χ1) is 9.19. The van der Waals surface area contributed by atoms with Crippen LogP contribution >= 0.6 is 0 Å². The average molecular weight is 260 g/mol. The smallest absolute Gasteiger partial charge is 0.122 e. The van der Waals surface area contributed by atoms with Crippen molar-refractivity contribution in [3.8, 4) is 17.0 Å². The van der Waals surface area contributed by atoms with E-state index in [9.17, 15) is 0 Å². The van der Waals surface area contributed by atoms with Gasteiger partial charge < -0.3 is 14.8 Å². The molecule has 0 amide bonds. The summed E-state index contributed by atoms with van der Waals surface area (Å²) < 4.78 is 5.34. The average Bonchev–Trinajstić information content (AvgIpc) is 2.79. The monoisotopic (exact) mass is 260 g/mol. The van der Waals surface area contributed by atoms with Crippen molar-refractivity contribution in [1.82, 2.24) is 9.97 Å². The van der Waals surface area contributed by atoms with Crippen LogP contribution in [0.5, 0.6) is 5.75 Å². The van der Waals surface area contributed by atoms with Crippen molar-refractivity contribution >= 4 is 0 Å². The zero-order valence-corrected chi connectivity index (χ0v) is 11.7. The summed E-state index contributed by atoms with van der Waals surface area (Å²) in [6.07, 6.45) is 1.47. The summed E-state index contributed by atoms with van der Waals surface area (Å²) in [5, 5.41) is 8.96. The molecule has 2 N–H and O–H groups in total. The number of aliphatic hydroxyl groups excluding tert-OH is 1. The Morgan fingerprint density at radius 2 is 2.16 bits per heavy atom. The van der Waals surface area contributed by atoms with Gasteiger partial charge in [0, 0.05) is 17.7 Å². The number of H-pyrrole nitrogens is 1. The lowest BCUT2D eigenvalue weighted by Crippen LogP contribution is -1.93. The highest BCUT2D eigenvalue weighted by atomic mass is 16.5. The zero-order chi connectivity index (χ0) is 13.8. The molecule has 0 saturated carbocycles. The third-order valence-corrected chi connectivity index (χ3v) is 3.22. The number of hydrogen-bond donors (Lipinski definition) is 2. The van der Waals surface area contributed by atoms with Crippen molar-refractivity contribution in [1.29, 1.82) is 0 Å². The summed E-state index contributed by atoms with van der Waals surface area (Å²) >= 11 is 0. The Morgan fingerprint density at radius 1 is 1.37 bits per heavy atom. The number of ether oxygens (including phenoxy) is 1. The summed E-state index contributed by atoms with van der Waals surface area (Å²) in [5.41, 5.74) is 4.22. The number of nitrogens with zero attached hydrogens (tertiary/aromatic N) is 1. The van der Waals surface area contributed by atoms with Gasteiger partial charge in [-0.1, -0.05) is 6.92 Å². The van der Waals surface area contributed by atoms with Crippen LogP contribution in [0.25, 0.3) is 11.3 Å². The molecule has 0 fully saturated rings. The van der Waals surface area contributed by atoms with Crippen LogP contribution in [0.15, 0.2) is 18.2 Å². The first-order valence-corrected chi connectivity index (χ1v) is 6.53. The third kappa shape index (κ3) is 2.79. The van der Waals surface area contributed by atoms with Crippen LogP contribution < -0.4 is 4.74 Å². The minimum absolute atomic E-state index is 0.106. The van der Waals surface area contributed by atoms with E-state index in [0.717, 1.165) is 34.9 Å². The molecule has 19 heavy (non-hydrogen) atoms. The van der Waals surface area contributed by atoms with Crippen LogP contribution in [0.3, 0.4) is 0 Å². The second kappa shape index (κ2) is 5.89. The molecule has 0 unspecified atom stereocenters. The van der Waals surface area contributed by atoms with Crippen molar-refractivity contribution < 1.29 is 9.84 Å². The van der Waals surface area contributed by atoms with Crippen LogP contribution in [0.2, 0.25) is 0 Å². The predicted molar refractivity (Wildman–Crippen MR) is 75.5 cm³/mol. The van der Waals surface area contributed by atoms with Crippen molar-refractivity contribution in [2.45, 2.75) is 26.7 Å². The molecule has 0 radical (unpaired) electrons. The molecule has 2 rings (SSSR count). The number of aryl methyl sites for hydroxylation is 2. The first-order valence-electron chi connectivity index (χ1n) is 6.53. The van der Waals surface area contributed by atoms with E-state index >= 15 is 0 Å². The van der Waals surface area contributed by atoms with Gasteiger partial charge in [-0.15, -0.1) is 0 Å². The number of imidazole rings is 1. The Balaban J connectivity index is 2.41. The highest BCUT2D eigenvalue weighted by molar-refractivity contribution is 5.64. The number of nitrogens with one attached hydrogen (secondary N) is 1. The molecule has 0 aliphatic carbocycles. The predicted octanol–water partition coefficient (Wildman–Crippen LogP) is 2.49. The van der Waals surface area contributed by atoms with Gasteiger partial charge in [-0.2, -0.15) is 0 Å². The van der Waals surface area contributed by atoms with E-state index in [1.807, 2.05) is 19.1 Å². The SMILES string of the molecule is CCc1cc(-c2nc(CCO)[nH]c2C)ccc1OC. The van der Waals surface area contributed by atoms with Gasteiger partial charge in [0.15, 0.2) is 0 Å². The lowest BCUT2D eigenvalue weighted by molar-refractivity contribution is 0.297. The molecule has 0 atom stereocenters. The molecule has 0 aliphatic rings. The molecule has 1 aromatic carbocycles. The Kier molecular flexibility index (Phi) is 4.22. The Labute approximate surface area is 113 Å². The molecule has 4 nitrogen and oxygen atoms in total. The van der Waals surface area contributed by atoms with Crippen molar-refractivity contribution in [3.63, 3.8) is 0 Å². The largest absolute Gasteiger partial charge is 0.496 e. The molecule has 0 spiro atoms. The van der Waals surface area contributed by atoms with Gasteiger partial charge >= 0.3 is 0 Å². The summed E-state index contributed by atoms with van der Waals surface area (Å²) in [4.78, 5) is 7.75. The van der Waals surface area contributed by atoms with E-state index in [1.54, 1.807) is 7.11 Å². The Hall–Kier alpha value is -1.81. The Morgan fingerprint density at radius 3 is 2.79 bits per heavy atom. The molecule has 2 aromatic rings. The second-order valence-corrected chi connectivity index (χ2v) is 4.51. The number of methoxy groups -OCH3 is 1. The van der Waals surface area contributed by atoms with Gasteiger partial charge in [0.05, 0.1) is 19.4 Å². The normalized spacial score (nSPS) is 10.7. The van der Waals surface area contributed by atoms with Gasteiger partial charge in [0.1, 0.15) is 11.6 Å². The quantitative estimate of drug-likeness (QED) is 0.868. The maximum atomic E-state index is 8.96. The molecule has 1 aromatic heterocycles. The number of rotatable bonds is 5. The molecule has 4 heteroatoms. The summed E-state index contributed by atoms with van der Waals surface area (Å²) in [7, 11) is 1.69. The standard InChI is InChI=1S/C15H20N2O2/c1-4-11-9-12(5-6-13(11)19-3)15-10(2)16-14(17-15)7-8-18/h5-6,9,18H,4,7-8H2,1-3H3,(H,16,17). The maximum Gasteiger partial charge on any atom is 0.122 e. The molecule has 0 bridgehead atoms. The molecular formula is C15H20N2O2. The molecule has 102 valence electrons. The van der Waals surface area contributed by atoms with Gasteiger partial charge in [-0.3, -0.25) is 0 Å². The molecular weight excluding hydrogens is 240 g/mol. The highest BCUT2D eigenvalue weighted by Crippen LogP contribution is 2.27. The van der Waals surface area contributed by atoms with E-state index < -0.39 is 0 Å². The number of benzene rings is 1. The van der Waals surface area contributed by atoms with Crippen molar-refractivity contribution in [2.24, 2.45) is 0 Å². The highest BCUT2D eigenvalue weighted by Gasteiger charge is 2.11. The summed E-state index contributed by atoms with van der Waals surface area (Å²) in [6, 6.07) is 6.11. The van der Waals surface area contributed by atoms with Crippen LogP contribution in [-0.2, 0) is 12.8 Å². The molecule has 0 aliphatic heterocycles. The molecule has 0 saturated heterocycles. The fourth-order valence-corrected chi connectivity index (χ4v) is 2.23. The van der Waals surface area contributed by atoms with E-state index in [0.29, 0.717) is 6.42 Å². The van der Waals surface area contributed by atoms with Crippen molar-refractivity contribution in [3.05, 3.63) is 35.3 Å². The number of aromatic nitrogens is 2. The number of aliphatic hydroxyl groups is 1.